The van der Waals surface area contributed by atoms with Crippen molar-refractivity contribution in [1.29, 1.82) is 0 Å². The summed E-state index contributed by atoms with van der Waals surface area (Å²) in [4.78, 5) is 32.9. The number of fused-ring (bicyclic) bond motifs is 1. The molecule has 188 valence electrons. The lowest BCUT2D eigenvalue weighted by molar-refractivity contribution is -0.132. The molecule has 0 radical (unpaired) electrons. The fourth-order valence-corrected chi connectivity index (χ4v) is 5.37. The fourth-order valence-electron chi connectivity index (χ4n) is 4.35. The number of hydrogen-bond donors (Lipinski definition) is 1. The van der Waals surface area contributed by atoms with Gasteiger partial charge in [-0.25, -0.2) is 4.98 Å². The summed E-state index contributed by atoms with van der Waals surface area (Å²) in [6.07, 6.45) is 0. The van der Waals surface area contributed by atoms with Gasteiger partial charge >= 0.3 is 5.91 Å². The number of aliphatic hydroxyl groups excluding tert-OH is 1. The van der Waals surface area contributed by atoms with E-state index in [0.29, 0.717) is 45.6 Å². The number of aromatic nitrogens is 1. The second-order valence-electron chi connectivity index (χ2n) is 8.21. The zero-order valence-corrected chi connectivity index (χ0v) is 21.2. The Morgan fingerprint density at radius 2 is 1.78 bits per heavy atom. The number of Topliss-reactive ketones (excluding diaryl/α,β-unsaturated/α-hetero) is 1. The summed E-state index contributed by atoms with van der Waals surface area (Å²) in [7, 11) is 3.09. The molecule has 8 nitrogen and oxygen atoms in total. The van der Waals surface area contributed by atoms with Crippen LogP contribution in [0, 0.1) is 0 Å². The van der Waals surface area contributed by atoms with Gasteiger partial charge in [0.05, 0.1) is 42.7 Å². The van der Waals surface area contributed by atoms with Gasteiger partial charge in [-0.3, -0.25) is 14.5 Å². The average Bonchev–Trinajstić information content (AvgIpc) is 3.46. The second-order valence-corrected chi connectivity index (χ2v) is 9.22. The maximum absolute atomic E-state index is 13.5. The van der Waals surface area contributed by atoms with Crippen molar-refractivity contribution in [2.75, 3.05) is 25.7 Å². The number of ether oxygens (including phenoxy) is 3. The molecule has 5 rings (SSSR count). The van der Waals surface area contributed by atoms with Gasteiger partial charge in [0.25, 0.3) is 5.78 Å². The quantitative estimate of drug-likeness (QED) is 0.201. The van der Waals surface area contributed by atoms with Crippen molar-refractivity contribution in [1.82, 2.24) is 4.98 Å². The number of benzene rings is 3. The number of amides is 1. The van der Waals surface area contributed by atoms with Crippen LogP contribution in [0.1, 0.15) is 24.1 Å². The largest absolute Gasteiger partial charge is 0.507 e. The van der Waals surface area contributed by atoms with Gasteiger partial charge in [0, 0.05) is 5.56 Å². The summed E-state index contributed by atoms with van der Waals surface area (Å²) >= 11 is 1.26. The molecular formula is C28H24N2O6S. The van der Waals surface area contributed by atoms with Crippen molar-refractivity contribution in [3.8, 4) is 17.2 Å². The van der Waals surface area contributed by atoms with Crippen LogP contribution in [0.3, 0.4) is 0 Å². The molecule has 1 atom stereocenters. The van der Waals surface area contributed by atoms with E-state index in [1.807, 2.05) is 13.0 Å². The standard InChI is InChI=1S/C28H24N2O6S/c1-4-36-20-13-10-17(14-21(20)35-3)24-23(25(31)16-8-6-5-7-9-16)26(32)27(33)30(24)28-29-19-12-11-18(34-2)15-22(19)37-28/h5-15,24,31H,4H2,1-3H3/t24-/m1/s1. The summed E-state index contributed by atoms with van der Waals surface area (Å²) in [5, 5.41) is 11.6. The van der Waals surface area contributed by atoms with Crippen LogP contribution in [0.5, 0.6) is 17.2 Å². The molecule has 1 N–H and O–H groups in total. The van der Waals surface area contributed by atoms with E-state index in [-0.39, 0.29) is 11.3 Å². The highest BCUT2D eigenvalue weighted by Gasteiger charge is 2.48. The van der Waals surface area contributed by atoms with E-state index in [2.05, 4.69) is 4.98 Å². The number of aliphatic hydroxyl groups is 1. The number of carbonyl (C=O) groups is 2. The predicted molar refractivity (Wildman–Crippen MR) is 142 cm³/mol. The monoisotopic (exact) mass is 516 g/mol. The summed E-state index contributed by atoms with van der Waals surface area (Å²) in [5.41, 5.74) is 1.62. The van der Waals surface area contributed by atoms with Crippen LogP contribution >= 0.6 is 11.3 Å². The normalized spacial score (nSPS) is 16.8. The first-order chi connectivity index (χ1) is 18.0. The third kappa shape index (κ3) is 4.27. The Labute approximate surface area is 217 Å². The number of rotatable bonds is 7. The first-order valence-electron chi connectivity index (χ1n) is 11.6. The number of ketones is 1. The predicted octanol–water partition coefficient (Wildman–Crippen LogP) is 5.34. The van der Waals surface area contributed by atoms with Crippen LogP contribution in [0.2, 0.25) is 0 Å². The Hall–Kier alpha value is -4.37. The molecule has 1 fully saturated rings. The van der Waals surface area contributed by atoms with Gasteiger partial charge in [0.1, 0.15) is 11.5 Å². The Balaban J connectivity index is 1.72. The van der Waals surface area contributed by atoms with Crippen molar-refractivity contribution in [3.63, 3.8) is 0 Å². The van der Waals surface area contributed by atoms with Crippen molar-refractivity contribution in [2.24, 2.45) is 0 Å². The Kier molecular flexibility index (Phi) is 6.54. The van der Waals surface area contributed by atoms with Crippen LogP contribution < -0.4 is 19.1 Å². The van der Waals surface area contributed by atoms with E-state index in [1.165, 1.54) is 23.3 Å². The highest BCUT2D eigenvalue weighted by Crippen LogP contribution is 2.46. The van der Waals surface area contributed by atoms with E-state index in [4.69, 9.17) is 14.2 Å². The molecule has 0 spiro atoms. The highest BCUT2D eigenvalue weighted by molar-refractivity contribution is 7.22. The SMILES string of the molecule is CCOc1ccc([C@@H]2C(=C(O)c3ccccc3)C(=O)C(=O)N2c2nc3ccc(OC)cc3s2)cc1OC. The molecule has 37 heavy (non-hydrogen) atoms. The average molecular weight is 517 g/mol. The molecule has 9 heteroatoms. The lowest BCUT2D eigenvalue weighted by Crippen LogP contribution is -2.29. The Morgan fingerprint density at radius 3 is 2.49 bits per heavy atom. The molecule has 0 saturated carbocycles. The molecule has 4 aromatic rings. The first kappa shape index (κ1) is 24.3. The van der Waals surface area contributed by atoms with E-state index in [1.54, 1.807) is 67.8 Å². The van der Waals surface area contributed by atoms with E-state index >= 15 is 0 Å². The van der Waals surface area contributed by atoms with E-state index < -0.39 is 17.7 Å². The summed E-state index contributed by atoms with van der Waals surface area (Å²) in [6.45, 7) is 2.31. The maximum atomic E-state index is 13.5. The van der Waals surface area contributed by atoms with E-state index in [0.717, 1.165) is 4.70 Å². The zero-order valence-electron chi connectivity index (χ0n) is 20.4. The van der Waals surface area contributed by atoms with Crippen LogP contribution in [0.25, 0.3) is 16.0 Å². The second kappa shape index (κ2) is 9.94. The summed E-state index contributed by atoms with van der Waals surface area (Å²) in [5.74, 6) is -0.208. The molecule has 1 aliphatic rings. The van der Waals surface area contributed by atoms with Crippen LogP contribution in [0.4, 0.5) is 5.13 Å². The van der Waals surface area contributed by atoms with Crippen molar-refractivity contribution < 1.29 is 28.9 Å². The van der Waals surface area contributed by atoms with Gasteiger partial charge in [-0.15, -0.1) is 0 Å². The summed E-state index contributed by atoms with van der Waals surface area (Å²) in [6, 6.07) is 18.3. The molecule has 3 aromatic carbocycles. The van der Waals surface area contributed by atoms with Crippen LogP contribution in [-0.4, -0.2) is 42.6 Å². The Bertz CT molecular complexity index is 1530. The van der Waals surface area contributed by atoms with E-state index in [9.17, 15) is 14.7 Å². The minimum Gasteiger partial charge on any atom is -0.507 e. The van der Waals surface area contributed by atoms with Gasteiger partial charge < -0.3 is 19.3 Å². The zero-order chi connectivity index (χ0) is 26.1. The molecule has 0 unspecified atom stereocenters. The highest BCUT2D eigenvalue weighted by atomic mass is 32.1. The first-order valence-corrected chi connectivity index (χ1v) is 12.4. The van der Waals surface area contributed by atoms with Crippen molar-refractivity contribution in [3.05, 3.63) is 83.4 Å². The van der Waals surface area contributed by atoms with Gasteiger partial charge in [-0.1, -0.05) is 47.7 Å². The van der Waals surface area contributed by atoms with Gasteiger partial charge in [0.15, 0.2) is 16.6 Å². The molecule has 0 bridgehead atoms. The number of nitrogens with zero attached hydrogens (tertiary/aromatic N) is 2. The topological polar surface area (TPSA) is 98.2 Å². The van der Waals surface area contributed by atoms with Gasteiger partial charge in [-0.05, 0) is 42.8 Å². The molecule has 1 saturated heterocycles. The van der Waals surface area contributed by atoms with Gasteiger partial charge in [-0.2, -0.15) is 0 Å². The third-order valence-corrected chi connectivity index (χ3v) is 7.10. The number of methoxy groups -OCH3 is 2. The summed E-state index contributed by atoms with van der Waals surface area (Å²) < 4.78 is 17.3. The molecule has 2 heterocycles. The molecule has 1 aliphatic heterocycles. The van der Waals surface area contributed by atoms with Gasteiger partial charge in [0.2, 0.25) is 0 Å². The number of thiazole rings is 1. The minimum absolute atomic E-state index is 0.0285. The van der Waals surface area contributed by atoms with Crippen molar-refractivity contribution in [2.45, 2.75) is 13.0 Å². The molecule has 1 aromatic heterocycles. The minimum atomic E-state index is -0.938. The lowest BCUT2D eigenvalue weighted by Gasteiger charge is -2.24. The molecule has 0 aliphatic carbocycles. The van der Waals surface area contributed by atoms with Crippen LogP contribution in [-0.2, 0) is 9.59 Å². The maximum Gasteiger partial charge on any atom is 0.301 e. The Morgan fingerprint density at radius 1 is 1.00 bits per heavy atom. The number of carbonyl (C=O) groups excluding carboxylic acids is 2. The molecular weight excluding hydrogens is 492 g/mol. The van der Waals surface area contributed by atoms with Crippen molar-refractivity contribution >= 4 is 44.1 Å². The number of hydrogen-bond acceptors (Lipinski definition) is 8. The lowest BCUT2D eigenvalue weighted by atomic mass is 9.95. The smallest absolute Gasteiger partial charge is 0.301 e. The molecule has 1 amide bonds. The number of anilines is 1. The fraction of sp³-hybridized carbons (Fsp3) is 0.179. The third-order valence-electron chi connectivity index (χ3n) is 6.09. The van der Waals surface area contributed by atoms with Crippen LogP contribution in [0.15, 0.2) is 72.3 Å².